The van der Waals surface area contributed by atoms with E-state index in [2.05, 4.69) is 32.8 Å². The molecule has 1 aliphatic heterocycles. The standard InChI is InChI=1S/C14H20BrFN2/c1-17-7-9-18(10-8-17)6-2-3-12-4-5-13(15)14(16)11-12/h4-5,11H,2-3,6-10H2,1H3. The van der Waals surface area contributed by atoms with Crippen molar-refractivity contribution in [2.45, 2.75) is 12.8 Å². The van der Waals surface area contributed by atoms with Crippen LogP contribution < -0.4 is 0 Å². The smallest absolute Gasteiger partial charge is 0.137 e. The summed E-state index contributed by atoms with van der Waals surface area (Å²) in [7, 11) is 2.17. The molecule has 2 rings (SSSR count). The van der Waals surface area contributed by atoms with Gasteiger partial charge in [-0.05, 0) is 60.1 Å². The molecule has 1 fully saturated rings. The lowest BCUT2D eigenvalue weighted by atomic mass is 10.1. The van der Waals surface area contributed by atoms with Gasteiger partial charge in [-0.15, -0.1) is 0 Å². The Labute approximate surface area is 117 Å². The van der Waals surface area contributed by atoms with Crippen molar-refractivity contribution in [3.05, 3.63) is 34.1 Å². The van der Waals surface area contributed by atoms with Crippen LogP contribution in [0.5, 0.6) is 0 Å². The highest BCUT2D eigenvalue weighted by Gasteiger charge is 2.12. The van der Waals surface area contributed by atoms with E-state index in [4.69, 9.17) is 0 Å². The van der Waals surface area contributed by atoms with Crippen LogP contribution in [0.25, 0.3) is 0 Å². The maximum atomic E-state index is 13.3. The van der Waals surface area contributed by atoms with Gasteiger partial charge in [0.15, 0.2) is 0 Å². The van der Waals surface area contributed by atoms with E-state index in [9.17, 15) is 4.39 Å². The molecule has 4 heteroatoms. The summed E-state index contributed by atoms with van der Waals surface area (Å²) in [5.41, 5.74) is 1.09. The van der Waals surface area contributed by atoms with Gasteiger partial charge in [0, 0.05) is 26.2 Å². The lowest BCUT2D eigenvalue weighted by Crippen LogP contribution is -2.44. The molecule has 0 aliphatic carbocycles. The summed E-state index contributed by atoms with van der Waals surface area (Å²) in [6.07, 6.45) is 2.06. The number of likely N-dealkylation sites (N-methyl/N-ethyl adjacent to an activating group) is 1. The number of aryl methyl sites for hydroxylation is 1. The first-order valence-corrected chi connectivity index (χ1v) is 7.29. The number of rotatable bonds is 4. The van der Waals surface area contributed by atoms with Gasteiger partial charge < -0.3 is 9.80 Å². The average Bonchev–Trinajstić information content (AvgIpc) is 2.36. The van der Waals surface area contributed by atoms with E-state index in [1.807, 2.05) is 6.07 Å². The number of hydrogen-bond acceptors (Lipinski definition) is 2. The number of halogens is 2. The summed E-state index contributed by atoms with van der Waals surface area (Å²) < 4.78 is 13.9. The molecule has 2 nitrogen and oxygen atoms in total. The van der Waals surface area contributed by atoms with Crippen molar-refractivity contribution in [1.82, 2.24) is 9.80 Å². The number of nitrogens with zero attached hydrogens (tertiary/aromatic N) is 2. The van der Waals surface area contributed by atoms with Gasteiger partial charge in [-0.25, -0.2) is 4.39 Å². The predicted octanol–water partition coefficient (Wildman–Crippen LogP) is 2.77. The van der Waals surface area contributed by atoms with Gasteiger partial charge in [0.25, 0.3) is 0 Å². The zero-order valence-corrected chi connectivity index (χ0v) is 12.4. The van der Waals surface area contributed by atoms with Crippen LogP contribution in [0.2, 0.25) is 0 Å². The highest BCUT2D eigenvalue weighted by atomic mass is 79.9. The van der Waals surface area contributed by atoms with Crippen LogP contribution in [-0.2, 0) is 6.42 Å². The van der Waals surface area contributed by atoms with E-state index in [0.717, 1.165) is 51.1 Å². The van der Waals surface area contributed by atoms with Gasteiger partial charge in [-0.3, -0.25) is 0 Å². The fraction of sp³-hybridized carbons (Fsp3) is 0.571. The van der Waals surface area contributed by atoms with Gasteiger partial charge >= 0.3 is 0 Å². The fourth-order valence-electron chi connectivity index (χ4n) is 2.27. The molecule has 0 N–H and O–H groups in total. The third-order valence-electron chi connectivity index (χ3n) is 3.52. The Morgan fingerprint density at radius 3 is 2.61 bits per heavy atom. The molecule has 0 atom stereocenters. The molecule has 0 radical (unpaired) electrons. The largest absolute Gasteiger partial charge is 0.304 e. The Bertz CT molecular complexity index is 389. The maximum absolute atomic E-state index is 13.3. The van der Waals surface area contributed by atoms with E-state index >= 15 is 0 Å². The number of piperazine rings is 1. The second-order valence-corrected chi connectivity index (χ2v) is 5.85. The molecule has 1 aliphatic rings. The normalized spacial score (nSPS) is 18.2. The molecular formula is C14H20BrFN2. The second-order valence-electron chi connectivity index (χ2n) is 5.00. The molecule has 0 aromatic heterocycles. The molecule has 0 amide bonds. The van der Waals surface area contributed by atoms with E-state index in [1.165, 1.54) is 0 Å². The van der Waals surface area contributed by atoms with Crippen LogP contribution in [0, 0.1) is 5.82 Å². The molecule has 1 saturated heterocycles. The molecule has 18 heavy (non-hydrogen) atoms. The van der Waals surface area contributed by atoms with E-state index < -0.39 is 0 Å². The van der Waals surface area contributed by atoms with Crippen LogP contribution in [0.4, 0.5) is 4.39 Å². The molecule has 100 valence electrons. The van der Waals surface area contributed by atoms with Crippen LogP contribution in [-0.4, -0.2) is 49.6 Å². The van der Waals surface area contributed by atoms with Gasteiger partial charge in [0.05, 0.1) is 4.47 Å². The van der Waals surface area contributed by atoms with Crippen molar-refractivity contribution in [2.75, 3.05) is 39.8 Å². The molecule has 0 saturated carbocycles. The first-order chi connectivity index (χ1) is 8.65. The zero-order chi connectivity index (χ0) is 13.0. The lowest BCUT2D eigenvalue weighted by Gasteiger charge is -2.32. The zero-order valence-electron chi connectivity index (χ0n) is 10.8. The van der Waals surface area contributed by atoms with E-state index in [1.54, 1.807) is 12.1 Å². The minimum Gasteiger partial charge on any atom is -0.304 e. The lowest BCUT2D eigenvalue weighted by molar-refractivity contribution is 0.153. The summed E-state index contributed by atoms with van der Waals surface area (Å²) >= 11 is 3.18. The van der Waals surface area contributed by atoms with E-state index in [-0.39, 0.29) is 5.82 Å². The Kier molecular flexibility index (Phi) is 5.15. The van der Waals surface area contributed by atoms with Crippen LogP contribution in [0.1, 0.15) is 12.0 Å². The van der Waals surface area contributed by atoms with Crippen molar-refractivity contribution in [3.8, 4) is 0 Å². The van der Waals surface area contributed by atoms with Crippen LogP contribution in [0.15, 0.2) is 22.7 Å². The Balaban J connectivity index is 1.73. The second kappa shape index (κ2) is 6.64. The first-order valence-electron chi connectivity index (χ1n) is 6.50. The van der Waals surface area contributed by atoms with Crippen molar-refractivity contribution >= 4 is 15.9 Å². The molecule has 1 aromatic rings. The third-order valence-corrected chi connectivity index (χ3v) is 4.16. The quantitative estimate of drug-likeness (QED) is 0.843. The highest BCUT2D eigenvalue weighted by molar-refractivity contribution is 9.10. The topological polar surface area (TPSA) is 6.48 Å². The minimum absolute atomic E-state index is 0.160. The van der Waals surface area contributed by atoms with Crippen LogP contribution >= 0.6 is 15.9 Å². The molecule has 1 heterocycles. The van der Waals surface area contributed by atoms with Gasteiger partial charge in [0.2, 0.25) is 0 Å². The summed E-state index contributed by atoms with van der Waals surface area (Å²) in [5, 5.41) is 0. The van der Waals surface area contributed by atoms with Crippen molar-refractivity contribution in [2.24, 2.45) is 0 Å². The third kappa shape index (κ3) is 4.04. The maximum Gasteiger partial charge on any atom is 0.137 e. The number of benzene rings is 1. The Hall–Kier alpha value is -0.450. The number of hydrogen-bond donors (Lipinski definition) is 0. The van der Waals surface area contributed by atoms with Gasteiger partial charge in [0.1, 0.15) is 5.82 Å². The summed E-state index contributed by atoms with van der Waals surface area (Å²) in [4.78, 5) is 4.86. The monoisotopic (exact) mass is 314 g/mol. The van der Waals surface area contributed by atoms with Crippen LogP contribution in [0.3, 0.4) is 0 Å². The van der Waals surface area contributed by atoms with Gasteiger partial charge in [-0.1, -0.05) is 6.07 Å². The average molecular weight is 315 g/mol. The van der Waals surface area contributed by atoms with Crippen molar-refractivity contribution < 1.29 is 4.39 Å². The summed E-state index contributed by atoms with van der Waals surface area (Å²) in [6, 6.07) is 5.42. The minimum atomic E-state index is -0.160. The molecule has 0 spiro atoms. The molecule has 0 unspecified atom stereocenters. The molecule has 1 aromatic carbocycles. The van der Waals surface area contributed by atoms with Crippen molar-refractivity contribution in [1.29, 1.82) is 0 Å². The Morgan fingerprint density at radius 2 is 1.94 bits per heavy atom. The SMILES string of the molecule is CN1CCN(CCCc2ccc(Br)c(F)c2)CC1. The van der Waals surface area contributed by atoms with Gasteiger partial charge in [-0.2, -0.15) is 0 Å². The Morgan fingerprint density at radius 1 is 1.22 bits per heavy atom. The van der Waals surface area contributed by atoms with E-state index in [0.29, 0.717) is 4.47 Å². The summed E-state index contributed by atoms with van der Waals surface area (Å²) in [5.74, 6) is -0.160. The fourth-order valence-corrected chi connectivity index (χ4v) is 2.52. The molecule has 0 bridgehead atoms. The highest BCUT2D eigenvalue weighted by Crippen LogP contribution is 2.17. The van der Waals surface area contributed by atoms with Crippen molar-refractivity contribution in [3.63, 3.8) is 0 Å². The molecular weight excluding hydrogens is 295 g/mol. The first kappa shape index (κ1) is 14.0. The summed E-state index contributed by atoms with van der Waals surface area (Å²) in [6.45, 7) is 5.75. The predicted molar refractivity (Wildman–Crippen MR) is 76.4 cm³/mol.